The number of alkyl halides is 6. The SMILES string of the molecule is CCC(C)(C)C(=O)NC1CCCCCC1C(S(=O)(=O)C(F)(F)F)S(=O)(=O)C(F)(F)F. The second-order valence-corrected chi connectivity index (χ2v) is 12.4. The molecule has 178 valence electrons. The number of sulfone groups is 2. The molecule has 0 spiro atoms. The minimum atomic E-state index is -6.76. The summed E-state index contributed by atoms with van der Waals surface area (Å²) in [6.45, 7) is 4.62. The number of carbonyl (C=O) groups is 1. The van der Waals surface area contributed by atoms with E-state index in [-0.39, 0.29) is 25.7 Å². The van der Waals surface area contributed by atoms with Crippen LogP contribution in [0.4, 0.5) is 26.3 Å². The fourth-order valence-corrected chi connectivity index (χ4v) is 7.34. The van der Waals surface area contributed by atoms with Crippen LogP contribution in [0, 0.1) is 11.3 Å². The van der Waals surface area contributed by atoms with Gasteiger partial charge in [-0.15, -0.1) is 0 Å². The Morgan fingerprint density at radius 3 is 1.73 bits per heavy atom. The monoisotopic (exact) mass is 489 g/mol. The van der Waals surface area contributed by atoms with Gasteiger partial charge >= 0.3 is 11.0 Å². The fraction of sp³-hybridized carbons (Fsp3) is 0.938. The van der Waals surface area contributed by atoms with Gasteiger partial charge in [0.15, 0.2) is 4.58 Å². The Hall–Kier alpha value is -1.05. The Bertz CT molecular complexity index is 789. The van der Waals surface area contributed by atoms with Crippen molar-refractivity contribution in [2.45, 2.75) is 80.9 Å². The predicted octanol–water partition coefficient (Wildman–Crippen LogP) is 3.68. The van der Waals surface area contributed by atoms with Crippen LogP contribution in [0.1, 0.15) is 59.3 Å². The molecule has 0 aromatic rings. The molecule has 1 aliphatic carbocycles. The summed E-state index contributed by atoms with van der Waals surface area (Å²) < 4.78 is 123. The summed E-state index contributed by atoms with van der Waals surface area (Å²) in [5.41, 5.74) is -13.5. The van der Waals surface area contributed by atoms with Gasteiger partial charge in [0.1, 0.15) is 0 Å². The molecule has 0 radical (unpaired) electrons. The van der Waals surface area contributed by atoms with Gasteiger partial charge in [0.2, 0.25) is 5.91 Å². The lowest BCUT2D eigenvalue weighted by molar-refractivity contribution is -0.130. The molecule has 2 atom stereocenters. The smallest absolute Gasteiger partial charge is 0.353 e. The number of amides is 1. The summed E-state index contributed by atoms with van der Waals surface area (Å²) in [5.74, 6) is -2.82. The molecule has 6 nitrogen and oxygen atoms in total. The number of halogens is 6. The van der Waals surface area contributed by atoms with E-state index >= 15 is 0 Å². The number of nitrogens with one attached hydrogen (secondary N) is 1. The van der Waals surface area contributed by atoms with Gasteiger partial charge in [-0.05, 0) is 19.3 Å². The van der Waals surface area contributed by atoms with Gasteiger partial charge in [-0.2, -0.15) is 26.3 Å². The Kier molecular flexibility index (Phi) is 7.94. The minimum Gasteiger partial charge on any atom is -0.353 e. The molecule has 30 heavy (non-hydrogen) atoms. The van der Waals surface area contributed by atoms with Gasteiger partial charge in [0.05, 0.1) is 0 Å². The average molecular weight is 490 g/mol. The van der Waals surface area contributed by atoms with E-state index in [2.05, 4.69) is 5.32 Å². The lowest BCUT2D eigenvalue weighted by Crippen LogP contribution is -2.55. The van der Waals surface area contributed by atoms with Crippen LogP contribution in [-0.4, -0.2) is 44.4 Å². The molecule has 1 rings (SSSR count). The summed E-state index contributed by atoms with van der Waals surface area (Å²) in [7, 11) is -13.5. The molecule has 0 aromatic heterocycles. The number of hydrogen-bond acceptors (Lipinski definition) is 5. The minimum absolute atomic E-state index is 0.0193. The van der Waals surface area contributed by atoms with Crippen molar-refractivity contribution in [2.75, 3.05) is 0 Å². The zero-order valence-corrected chi connectivity index (χ0v) is 18.2. The molecule has 1 saturated carbocycles. The van der Waals surface area contributed by atoms with Gasteiger partial charge in [0.25, 0.3) is 19.7 Å². The predicted molar refractivity (Wildman–Crippen MR) is 96.3 cm³/mol. The van der Waals surface area contributed by atoms with Crippen molar-refractivity contribution in [2.24, 2.45) is 11.3 Å². The van der Waals surface area contributed by atoms with E-state index in [4.69, 9.17) is 0 Å². The van der Waals surface area contributed by atoms with E-state index in [9.17, 15) is 48.0 Å². The summed E-state index contributed by atoms with van der Waals surface area (Å²) in [6, 6.07) is -1.48. The van der Waals surface area contributed by atoms with Crippen LogP contribution in [0.15, 0.2) is 0 Å². The first-order chi connectivity index (χ1) is 13.3. The molecular weight excluding hydrogens is 464 g/mol. The Morgan fingerprint density at radius 2 is 1.33 bits per heavy atom. The first-order valence-electron chi connectivity index (χ1n) is 9.22. The van der Waals surface area contributed by atoms with E-state index in [0.29, 0.717) is 6.42 Å². The lowest BCUT2D eigenvalue weighted by atomic mass is 9.87. The number of rotatable bonds is 6. The normalized spacial score (nSPS) is 22.6. The van der Waals surface area contributed by atoms with Crippen molar-refractivity contribution in [3.63, 3.8) is 0 Å². The van der Waals surface area contributed by atoms with Crippen molar-refractivity contribution >= 4 is 25.6 Å². The molecule has 1 amide bonds. The van der Waals surface area contributed by atoms with Crippen LogP contribution < -0.4 is 5.32 Å². The molecule has 0 saturated heterocycles. The Morgan fingerprint density at radius 1 is 0.900 bits per heavy atom. The topological polar surface area (TPSA) is 97.4 Å². The third-order valence-electron chi connectivity index (χ3n) is 5.49. The molecule has 0 aliphatic heterocycles. The second-order valence-electron chi connectivity index (χ2n) is 7.97. The summed E-state index contributed by atoms with van der Waals surface area (Å²) >= 11 is 0. The largest absolute Gasteiger partial charge is 0.498 e. The van der Waals surface area contributed by atoms with Crippen LogP contribution in [0.25, 0.3) is 0 Å². The third-order valence-corrected chi connectivity index (χ3v) is 10.2. The third kappa shape index (κ3) is 5.40. The van der Waals surface area contributed by atoms with Gasteiger partial charge in [0, 0.05) is 17.4 Å². The summed E-state index contributed by atoms with van der Waals surface area (Å²) in [6.07, 6.45) is 0.233. The maximum Gasteiger partial charge on any atom is 0.498 e. The Balaban J connectivity index is 3.63. The van der Waals surface area contributed by atoms with Gasteiger partial charge in [-0.1, -0.05) is 40.0 Å². The first-order valence-corrected chi connectivity index (χ1v) is 12.3. The molecular formula is C16H25F6NO5S2. The maximum atomic E-state index is 13.2. The van der Waals surface area contributed by atoms with E-state index in [0.717, 1.165) is 0 Å². The molecule has 2 unspecified atom stereocenters. The molecule has 1 aliphatic rings. The highest BCUT2D eigenvalue weighted by Crippen LogP contribution is 2.43. The fourth-order valence-electron chi connectivity index (χ4n) is 3.26. The lowest BCUT2D eigenvalue weighted by Gasteiger charge is -2.35. The van der Waals surface area contributed by atoms with Gasteiger partial charge in [-0.3, -0.25) is 4.79 Å². The highest BCUT2D eigenvalue weighted by atomic mass is 32.3. The average Bonchev–Trinajstić information content (AvgIpc) is 2.78. The molecule has 0 bridgehead atoms. The van der Waals surface area contributed by atoms with E-state index < -0.39 is 65.0 Å². The molecule has 14 heteroatoms. The van der Waals surface area contributed by atoms with Gasteiger partial charge < -0.3 is 5.32 Å². The molecule has 0 heterocycles. The van der Waals surface area contributed by atoms with Crippen molar-refractivity contribution in [1.29, 1.82) is 0 Å². The number of carbonyl (C=O) groups excluding carboxylic acids is 1. The zero-order chi connectivity index (χ0) is 23.8. The molecule has 0 aromatic carbocycles. The molecule has 1 fully saturated rings. The van der Waals surface area contributed by atoms with Crippen LogP contribution in [-0.2, 0) is 24.5 Å². The van der Waals surface area contributed by atoms with Crippen LogP contribution in [0.3, 0.4) is 0 Å². The van der Waals surface area contributed by atoms with E-state index in [1.807, 2.05) is 0 Å². The highest BCUT2D eigenvalue weighted by Gasteiger charge is 2.65. The van der Waals surface area contributed by atoms with Gasteiger partial charge in [-0.25, -0.2) is 16.8 Å². The van der Waals surface area contributed by atoms with E-state index in [1.54, 1.807) is 6.92 Å². The maximum absolute atomic E-state index is 13.2. The highest BCUT2D eigenvalue weighted by molar-refractivity contribution is 8.09. The van der Waals surface area contributed by atoms with Crippen molar-refractivity contribution in [1.82, 2.24) is 5.32 Å². The van der Waals surface area contributed by atoms with Crippen molar-refractivity contribution in [3.05, 3.63) is 0 Å². The van der Waals surface area contributed by atoms with Crippen molar-refractivity contribution in [3.8, 4) is 0 Å². The van der Waals surface area contributed by atoms with Crippen LogP contribution in [0.5, 0.6) is 0 Å². The Labute approximate surface area is 171 Å². The second kappa shape index (κ2) is 8.83. The molecule has 1 N–H and O–H groups in total. The number of hydrogen-bond donors (Lipinski definition) is 1. The standard InChI is InChI=1S/C16H25F6NO5S2/c1-4-14(2,3)13(24)23-11-9-7-5-6-8-10(11)12(29(25,26)15(17,18)19)30(27,28)16(20,21)22/h10-12H,4-9H2,1-3H3,(H,23,24). The summed E-state index contributed by atoms with van der Waals surface area (Å²) in [4.78, 5) is 12.5. The van der Waals surface area contributed by atoms with Crippen LogP contribution >= 0.6 is 0 Å². The van der Waals surface area contributed by atoms with E-state index in [1.165, 1.54) is 13.8 Å². The quantitative estimate of drug-likeness (QED) is 0.454. The first kappa shape index (κ1) is 27.0. The van der Waals surface area contributed by atoms with Crippen molar-refractivity contribution < 1.29 is 48.0 Å². The summed E-state index contributed by atoms with van der Waals surface area (Å²) in [5, 5.41) is 2.33. The zero-order valence-electron chi connectivity index (χ0n) is 16.6. The van der Waals surface area contributed by atoms with Crippen LogP contribution in [0.2, 0.25) is 0 Å².